The average Bonchev–Trinajstić information content (AvgIpc) is 1.58. The monoisotopic (exact) mass is 1450 g/mol. The molecule has 0 saturated carbocycles. The third kappa shape index (κ3) is 24.8. The van der Waals surface area contributed by atoms with E-state index in [9.17, 15) is 52.2 Å². The summed E-state index contributed by atoms with van der Waals surface area (Å²) in [5, 5.41) is 78.1. The Labute approximate surface area is 587 Å². The van der Waals surface area contributed by atoms with E-state index in [2.05, 4.69) is 87.7 Å². The van der Waals surface area contributed by atoms with Crippen LogP contribution in [0.5, 0.6) is 0 Å². The van der Waals surface area contributed by atoms with Crippen molar-refractivity contribution in [3.8, 4) is 11.4 Å². The fourth-order valence-electron chi connectivity index (χ4n) is 9.72. The van der Waals surface area contributed by atoms with Crippen molar-refractivity contribution in [3.63, 3.8) is 0 Å². The fraction of sp³-hybridized carbons (Fsp3) is 0.516. The zero-order valence-electron chi connectivity index (χ0n) is 55.7. The van der Waals surface area contributed by atoms with E-state index >= 15 is 0 Å². The molecule has 34 nitrogen and oxygen atoms in total. The molecule has 3 aromatic heterocycles. The standard InChI is InChI=1S/C64H82F3N19O15S/c1-40-78-82-56(83-79-40)42-6-4-41(5-7-42)36-73-52(89)19-26-97-28-30-99-32-34-100-33-31-98-29-27-96-25-18-51(88)70-23-24-72-60(93)48(77-59(92)43-8-12-45(13-9-43)80-81-46-14-10-44(11-15-46)63(84-85-63)64(65,66)67)16-17-50(87)69-21-2-3-22-71-57-53-58(75-38-74-57)86(39-76-53)61-55(91)54(90)49(101-61)37-102-35-20-47(68)62(94)95/h4-15,38-39,47-49,54-55,61,90-91H,2-3,16-37,68H2,1H3,(H,69,87)(H,70,88)(H,72,93)(H,73,89)(H,77,92)(H,94,95)(H,71,74,75)/b81-80+/t47?,48-,49?,54?,55?,61?/m1/s1. The number of rotatable bonds is 46. The van der Waals surface area contributed by atoms with E-state index in [-0.39, 0.29) is 113 Å². The van der Waals surface area contributed by atoms with Gasteiger partial charge in [0.05, 0.1) is 89.9 Å². The normalized spacial score (nSPS) is 16.7. The molecule has 6 atom stereocenters. The number of nitrogens with one attached hydrogen (secondary N) is 6. The van der Waals surface area contributed by atoms with Gasteiger partial charge in [-0.2, -0.15) is 35.2 Å². The SMILES string of the molecule is Cc1nnc(-c2ccc(CNC(=O)CCOCCOCCOCCOCCOCCC(=O)NCCNC(=O)[C@@H](CCC(=O)NCCCCNc3ncnc4c3ncn4C3OC(CSCCC(N)C(=O)O)C(O)C3O)NC(=O)c3ccc(/N=N/c4ccc(C5(C(F)(F)F)N=N5)cc4)cc3)cc2)nn1. The van der Waals surface area contributed by atoms with Crippen LogP contribution in [0, 0.1) is 6.92 Å². The lowest BCUT2D eigenvalue weighted by Crippen LogP contribution is -2.48. The summed E-state index contributed by atoms with van der Waals surface area (Å²) < 4.78 is 75.5. The second-order valence-corrected chi connectivity index (χ2v) is 24.2. The summed E-state index contributed by atoms with van der Waals surface area (Å²) in [5.74, 6) is -1.27. The highest BCUT2D eigenvalue weighted by atomic mass is 32.2. The van der Waals surface area contributed by atoms with Crippen molar-refractivity contribution in [3.05, 3.63) is 108 Å². The van der Waals surface area contributed by atoms with Crippen molar-refractivity contribution >= 4 is 75.6 Å². The zero-order valence-corrected chi connectivity index (χ0v) is 56.6. The Bertz CT molecular complexity index is 3710. The van der Waals surface area contributed by atoms with E-state index in [1.165, 1.54) is 77.5 Å². The zero-order chi connectivity index (χ0) is 72.7. The minimum absolute atomic E-state index is 0.0177. The molecule has 3 aromatic carbocycles. The van der Waals surface area contributed by atoms with E-state index in [4.69, 9.17) is 39.3 Å². The molecule has 1 fully saturated rings. The lowest BCUT2D eigenvalue weighted by molar-refractivity contribution is -0.166. The maximum absolute atomic E-state index is 13.6. The molecule has 5 heterocycles. The fourth-order valence-corrected chi connectivity index (χ4v) is 10.8. The van der Waals surface area contributed by atoms with Crippen molar-refractivity contribution in [1.82, 2.24) is 66.5 Å². The minimum atomic E-state index is -4.68. The third-order valence-electron chi connectivity index (χ3n) is 15.5. The molecule has 0 spiro atoms. The molecule has 2 aliphatic rings. The maximum Gasteiger partial charge on any atom is 0.442 e. The van der Waals surface area contributed by atoms with Crippen LogP contribution in [0.4, 0.5) is 30.4 Å². The van der Waals surface area contributed by atoms with Crippen LogP contribution in [0.2, 0.25) is 0 Å². The van der Waals surface area contributed by atoms with Crippen LogP contribution in [-0.4, -0.2) is 231 Å². The number of halogens is 3. The number of anilines is 1. The Kier molecular flexibility index (Phi) is 31.1. The van der Waals surface area contributed by atoms with Gasteiger partial charge in [-0.3, -0.25) is 33.3 Å². The van der Waals surface area contributed by atoms with Crippen LogP contribution >= 0.6 is 11.8 Å². The van der Waals surface area contributed by atoms with Crippen molar-refractivity contribution in [2.45, 2.75) is 107 Å². The first-order valence-electron chi connectivity index (χ1n) is 32.8. The highest BCUT2D eigenvalue weighted by molar-refractivity contribution is 7.99. The number of amides is 5. The number of alkyl halides is 3. The first-order valence-corrected chi connectivity index (χ1v) is 34.0. The lowest BCUT2D eigenvalue weighted by atomic mass is 10.0. The van der Waals surface area contributed by atoms with E-state index in [0.717, 1.165) is 11.1 Å². The van der Waals surface area contributed by atoms with Gasteiger partial charge in [-0.25, -0.2) is 15.0 Å². The summed E-state index contributed by atoms with van der Waals surface area (Å²) in [6, 6.07) is 16.1. The largest absolute Gasteiger partial charge is 0.480 e. The van der Waals surface area contributed by atoms with Gasteiger partial charge >= 0.3 is 17.8 Å². The molecule has 102 heavy (non-hydrogen) atoms. The second-order valence-electron chi connectivity index (χ2n) is 23.1. The summed E-state index contributed by atoms with van der Waals surface area (Å²) in [7, 11) is 0. The predicted octanol–water partition coefficient (Wildman–Crippen LogP) is 3.43. The highest BCUT2D eigenvalue weighted by Crippen LogP contribution is 2.52. The van der Waals surface area contributed by atoms with Crippen LogP contribution < -0.4 is 37.6 Å². The minimum Gasteiger partial charge on any atom is -0.480 e. The van der Waals surface area contributed by atoms with Crippen LogP contribution in [0.25, 0.3) is 22.6 Å². The number of benzene rings is 3. The number of carbonyl (C=O) groups is 6. The van der Waals surface area contributed by atoms with Crippen molar-refractivity contribution in [1.29, 1.82) is 0 Å². The Balaban J connectivity index is 0.681. The number of aryl methyl sites for hydroxylation is 1. The molecular weight excluding hydrogens is 1360 g/mol. The Morgan fingerprint density at radius 1 is 0.676 bits per heavy atom. The summed E-state index contributed by atoms with van der Waals surface area (Å²) in [5.41, 5.74) is 5.92. The number of unbranched alkanes of at least 4 members (excludes halogenated alkanes) is 1. The molecule has 0 bridgehead atoms. The molecule has 11 N–H and O–H groups in total. The smallest absolute Gasteiger partial charge is 0.442 e. The number of hydrogen-bond acceptors (Lipinski definition) is 28. The molecule has 8 rings (SSSR count). The molecular formula is C64H82F3N19O15S. The predicted molar refractivity (Wildman–Crippen MR) is 359 cm³/mol. The number of aromatic nitrogens is 8. The number of ether oxygens (including phenoxy) is 6. The first kappa shape index (κ1) is 78.5. The maximum atomic E-state index is 13.6. The Morgan fingerprint density at radius 2 is 1.25 bits per heavy atom. The average molecular weight is 1450 g/mol. The van der Waals surface area contributed by atoms with E-state index in [1.807, 2.05) is 24.3 Å². The number of nitrogens with two attached hydrogens (primary N) is 1. The number of hydrogen-bond donors (Lipinski definition) is 10. The van der Waals surface area contributed by atoms with Gasteiger partial charge in [0, 0.05) is 74.4 Å². The summed E-state index contributed by atoms with van der Waals surface area (Å²) >= 11 is 1.34. The number of thioether (sulfide) groups is 1. The lowest BCUT2D eigenvalue weighted by Gasteiger charge is -2.19. The van der Waals surface area contributed by atoms with Gasteiger partial charge in [0.15, 0.2) is 29.0 Å². The van der Waals surface area contributed by atoms with Crippen LogP contribution in [-0.2, 0) is 64.6 Å². The van der Waals surface area contributed by atoms with Gasteiger partial charge in [-0.1, -0.05) is 36.4 Å². The van der Waals surface area contributed by atoms with E-state index in [1.54, 1.807) is 6.92 Å². The van der Waals surface area contributed by atoms with Gasteiger partial charge in [0.2, 0.25) is 29.5 Å². The summed E-state index contributed by atoms with van der Waals surface area (Å²) in [6.45, 7) is 5.62. The molecule has 2 aliphatic heterocycles. The number of nitrogens with zero attached hydrogens (tertiary/aromatic N) is 12. The third-order valence-corrected chi connectivity index (χ3v) is 16.6. The molecule has 0 aliphatic carbocycles. The number of aliphatic carboxylic acids is 1. The van der Waals surface area contributed by atoms with Gasteiger partial charge in [0.1, 0.15) is 30.6 Å². The molecule has 550 valence electrons. The molecule has 1 saturated heterocycles. The number of carbonyl (C=O) groups excluding carboxylic acids is 5. The number of azo groups is 1. The van der Waals surface area contributed by atoms with Gasteiger partial charge in [0.25, 0.3) is 5.91 Å². The number of aliphatic hydroxyl groups excluding tert-OH is 2. The highest BCUT2D eigenvalue weighted by Gasteiger charge is 2.65. The molecule has 5 unspecified atom stereocenters. The Morgan fingerprint density at radius 3 is 1.85 bits per heavy atom. The van der Waals surface area contributed by atoms with Crippen LogP contribution in [0.15, 0.2) is 106 Å². The number of fused-ring (bicyclic) bond motifs is 1. The molecule has 5 amide bonds. The summed E-state index contributed by atoms with van der Waals surface area (Å²) in [6.07, 6.45) is -4.98. The van der Waals surface area contributed by atoms with E-state index in [0.29, 0.717) is 106 Å². The van der Waals surface area contributed by atoms with E-state index < -0.39 is 72.2 Å². The van der Waals surface area contributed by atoms with Gasteiger partial charge in [-0.15, -0.1) is 30.6 Å². The number of carboxylic acid groups (broad SMARTS) is 1. The van der Waals surface area contributed by atoms with Crippen molar-refractivity contribution in [2.75, 3.05) is 109 Å². The molecule has 38 heteroatoms. The van der Waals surface area contributed by atoms with Crippen molar-refractivity contribution < 1.29 is 85.7 Å². The van der Waals surface area contributed by atoms with Gasteiger partial charge < -0.3 is 81.4 Å². The molecule has 6 aromatic rings. The number of aliphatic hydroxyl groups is 2. The first-order chi connectivity index (χ1) is 49.3. The van der Waals surface area contributed by atoms with Crippen molar-refractivity contribution in [2.24, 2.45) is 26.2 Å². The van der Waals surface area contributed by atoms with Gasteiger partial charge in [-0.05, 0) is 80.3 Å². The number of carboxylic acids is 1. The quantitative estimate of drug-likeness (QED) is 0.0193. The van der Waals surface area contributed by atoms with Crippen LogP contribution in [0.1, 0.15) is 78.5 Å². The van der Waals surface area contributed by atoms with Crippen LogP contribution in [0.3, 0.4) is 0 Å². The Hall–Kier alpha value is -9.25. The number of imidazole rings is 1. The second kappa shape index (κ2) is 40.4. The summed E-state index contributed by atoms with van der Waals surface area (Å²) in [4.78, 5) is 89.3. The topological polar surface area (TPSA) is 461 Å². The molecule has 0 radical (unpaired) electrons.